The van der Waals surface area contributed by atoms with Crippen LogP contribution in [-0.4, -0.2) is 42.4 Å². The van der Waals surface area contributed by atoms with Gasteiger partial charge in [0.15, 0.2) is 13.2 Å². The lowest BCUT2D eigenvalue weighted by Gasteiger charge is -2.11. The molecule has 0 heterocycles. The summed E-state index contributed by atoms with van der Waals surface area (Å²) in [6, 6.07) is 4.59. The highest BCUT2D eigenvalue weighted by molar-refractivity contribution is 5.70. The van der Waals surface area contributed by atoms with E-state index in [1.165, 1.54) is 6.07 Å². The third-order valence-corrected chi connectivity index (χ3v) is 1.94. The van der Waals surface area contributed by atoms with Gasteiger partial charge in [-0.05, 0) is 12.1 Å². The first-order valence-electron chi connectivity index (χ1n) is 5.04. The molecule has 0 bridgehead atoms. The fourth-order valence-corrected chi connectivity index (χ4v) is 1.20. The van der Waals surface area contributed by atoms with Crippen LogP contribution in [0.4, 0.5) is 5.69 Å². The van der Waals surface area contributed by atoms with Gasteiger partial charge >= 0.3 is 11.9 Å². The summed E-state index contributed by atoms with van der Waals surface area (Å²) in [6.07, 6.45) is 0. The van der Waals surface area contributed by atoms with Crippen molar-refractivity contribution in [3.05, 3.63) is 18.2 Å². The largest absolute Gasteiger partial charge is 0.482 e. The summed E-state index contributed by atoms with van der Waals surface area (Å²) in [5, 5.41) is 19.8. The molecule has 0 aliphatic rings. The minimum atomic E-state index is -1.10. The molecule has 0 unspecified atom stereocenters. The quantitative estimate of drug-likeness (QED) is 0.657. The summed E-state index contributed by atoms with van der Waals surface area (Å²) in [7, 11) is 1.65. The zero-order valence-electron chi connectivity index (χ0n) is 9.67. The molecular weight excluding hydrogens is 242 g/mol. The van der Waals surface area contributed by atoms with Gasteiger partial charge < -0.3 is 25.0 Å². The fraction of sp³-hybridized carbons (Fsp3) is 0.273. The van der Waals surface area contributed by atoms with E-state index in [4.69, 9.17) is 19.7 Å². The van der Waals surface area contributed by atoms with E-state index in [-0.39, 0.29) is 11.5 Å². The van der Waals surface area contributed by atoms with Crippen LogP contribution in [0.25, 0.3) is 0 Å². The Labute approximate surface area is 103 Å². The number of hydrogen-bond acceptors (Lipinski definition) is 5. The van der Waals surface area contributed by atoms with Gasteiger partial charge in [-0.2, -0.15) is 0 Å². The molecule has 3 N–H and O–H groups in total. The van der Waals surface area contributed by atoms with Crippen molar-refractivity contribution in [1.82, 2.24) is 0 Å². The zero-order valence-corrected chi connectivity index (χ0v) is 9.67. The van der Waals surface area contributed by atoms with Crippen molar-refractivity contribution in [2.75, 3.05) is 25.6 Å². The van der Waals surface area contributed by atoms with E-state index in [9.17, 15) is 9.59 Å². The molecule has 1 aromatic carbocycles. The van der Waals surface area contributed by atoms with E-state index in [0.29, 0.717) is 5.69 Å². The van der Waals surface area contributed by atoms with Gasteiger partial charge in [-0.3, -0.25) is 0 Å². The van der Waals surface area contributed by atoms with Gasteiger partial charge in [-0.15, -0.1) is 0 Å². The van der Waals surface area contributed by atoms with Crippen molar-refractivity contribution in [2.45, 2.75) is 0 Å². The molecule has 0 aliphatic heterocycles. The van der Waals surface area contributed by atoms with Crippen LogP contribution in [0.15, 0.2) is 18.2 Å². The summed E-state index contributed by atoms with van der Waals surface area (Å²) in [5.41, 5.74) is 0.582. The van der Waals surface area contributed by atoms with E-state index in [2.05, 4.69) is 5.32 Å². The molecule has 7 heteroatoms. The molecule has 0 spiro atoms. The number of carboxylic acids is 2. The van der Waals surface area contributed by atoms with Gasteiger partial charge in [-0.1, -0.05) is 0 Å². The molecule has 0 aromatic heterocycles. The Hall–Kier alpha value is -2.44. The zero-order chi connectivity index (χ0) is 13.5. The van der Waals surface area contributed by atoms with Gasteiger partial charge in [0.1, 0.15) is 11.5 Å². The van der Waals surface area contributed by atoms with Crippen LogP contribution in [-0.2, 0) is 9.59 Å². The predicted molar refractivity (Wildman–Crippen MR) is 62.3 cm³/mol. The molecular formula is C11H13NO6. The van der Waals surface area contributed by atoms with Crippen LogP contribution in [0.5, 0.6) is 11.5 Å². The summed E-state index contributed by atoms with van der Waals surface area (Å²) < 4.78 is 10.0. The van der Waals surface area contributed by atoms with Crippen LogP contribution >= 0.6 is 0 Å². The fourth-order valence-electron chi connectivity index (χ4n) is 1.20. The second-order valence-electron chi connectivity index (χ2n) is 3.27. The van der Waals surface area contributed by atoms with Crippen LogP contribution in [0, 0.1) is 0 Å². The highest BCUT2D eigenvalue weighted by Gasteiger charge is 2.08. The molecule has 1 rings (SSSR count). The standard InChI is InChI=1S/C11H13NO6/c1-12-8-3-2-7(17-5-10(13)14)4-9(8)18-6-11(15)16/h2-4,12H,5-6H2,1H3,(H,13,14)(H,15,16). The van der Waals surface area contributed by atoms with E-state index in [1.54, 1.807) is 19.2 Å². The molecule has 0 radical (unpaired) electrons. The monoisotopic (exact) mass is 255 g/mol. The molecule has 18 heavy (non-hydrogen) atoms. The topological polar surface area (TPSA) is 105 Å². The number of ether oxygens (including phenoxy) is 2. The molecule has 0 fully saturated rings. The SMILES string of the molecule is CNc1ccc(OCC(=O)O)cc1OCC(=O)O. The third-order valence-electron chi connectivity index (χ3n) is 1.94. The maximum atomic E-state index is 10.4. The summed E-state index contributed by atoms with van der Waals surface area (Å²) in [4.78, 5) is 20.8. The van der Waals surface area contributed by atoms with Crippen molar-refractivity contribution >= 4 is 17.6 Å². The van der Waals surface area contributed by atoms with Crippen molar-refractivity contribution < 1.29 is 29.3 Å². The number of carbonyl (C=O) groups is 2. The third kappa shape index (κ3) is 4.20. The van der Waals surface area contributed by atoms with Crippen LogP contribution < -0.4 is 14.8 Å². The molecule has 0 aliphatic carbocycles. The van der Waals surface area contributed by atoms with Crippen molar-refractivity contribution in [3.8, 4) is 11.5 Å². The highest BCUT2D eigenvalue weighted by Crippen LogP contribution is 2.29. The first kappa shape index (κ1) is 13.6. The maximum Gasteiger partial charge on any atom is 0.341 e. The van der Waals surface area contributed by atoms with Gasteiger partial charge in [0, 0.05) is 13.1 Å². The molecule has 1 aromatic rings. The summed E-state index contributed by atoms with van der Waals surface area (Å²) in [6.45, 7) is -0.964. The lowest BCUT2D eigenvalue weighted by atomic mass is 10.2. The number of hydrogen-bond donors (Lipinski definition) is 3. The maximum absolute atomic E-state index is 10.4. The Morgan fingerprint density at radius 2 is 1.78 bits per heavy atom. The number of nitrogens with one attached hydrogen (secondary N) is 1. The minimum absolute atomic E-state index is 0.280. The number of anilines is 1. The Balaban J connectivity index is 2.80. The predicted octanol–water partition coefficient (Wildman–Crippen LogP) is 0.655. The van der Waals surface area contributed by atoms with E-state index in [1.807, 2.05) is 0 Å². The Kier molecular flexibility index (Phi) is 4.79. The first-order chi connectivity index (χ1) is 8.52. The molecule has 7 nitrogen and oxygen atoms in total. The molecule has 0 saturated carbocycles. The molecule has 0 saturated heterocycles. The van der Waals surface area contributed by atoms with Crippen molar-refractivity contribution in [2.24, 2.45) is 0 Å². The highest BCUT2D eigenvalue weighted by atomic mass is 16.5. The van der Waals surface area contributed by atoms with Crippen LogP contribution in [0.1, 0.15) is 0 Å². The Morgan fingerprint density at radius 3 is 2.33 bits per heavy atom. The molecule has 98 valence electrons. The molecule has 0 amide bonds. The number of carboxylic acid groups (broad SMARTS) is 2. The summed E-state index contributed by atoms with van der Waals surface area (Å²) in [5.74, 6) is -1.63. The number of aliphatic carboxylic acids is 2. The van der Waals surface area contributed by atoms with E-state index >= 15 is 0 Å². The second-order valence-corrected chi connectivity index (χ2v) is 3.27. The Bertz CT molecular complexity index is 445. The average Bonchev–Trinajstić information content (AvgIpc) is 2.33. The Morgan fingerprint density at radius 1 is 1.17 bits per heavy atom. The van der Waals surface area contributed by atoms with Crippen molar-refractivity contribution in [1.29, 1.82) is 0 Å². The van der Waals surface area contributed by atoms with Gasteiger partial charge in [0.25, 0.3) is 0 Å². The van der Waals surface area contributed by atoms with Gasteiger partial charge in [-0.25, -0.2) is 9.59 Å². The van der Waals surface area contributed by atoms with E-state index in [0.717, 1.165) is 0 Å². The first-order valence-corrected chi connectivity index (χ1v) is 5.04. The van der Waals surface area contributed by atoms with Crippen LogP contribution in [0.2, 0.25) is 0 Å². The van der Waals surface area contributed by atoms with Crippen molar-refractivity contribution in [3.63, 3.8) is 0 Å². The normalized spacial score (nSPS) is 9.61. The smallest absolute Gasteiger partial charge is 0.341 e. The average molecular weight is 255 g/mol. The van der Waals surface area contributed by atoms with E-state index < -0.39 is 25.2 Å². The summed E-state index contributed by atoms with van der Waals surface area (Å²) >= 11 is 0. The van der Waals surface area contributed by atoms with Crippen LogP contribution in [0.3, 0.4) is 0 Å². The minimum Gasteiger partial charge on any atom is -0.482 e. The lowest BCUT2D eigenvalue weighted by Crippen LogP contribution is -2.11. The second kappa shape index (κ2) is 6.33. The molecule has 0 atom stereocenters. The lowest BCUT2D eigenvalue weighted by molar-refractivity contribution is -0.140. The number of benzene rings is 1. The van der Waals surface area contributed by atoms with Gasteiger partial charge in [0.05, 0.1) is 5.69 Å². The van der Waals surface area contributed by atoms with Gasteiger partial charge in [0.2, 0.25) is 0 Å². The number of rotatable bonds is 7.